The van der Waals surface area contributed by atoms with Crippen LogP contribution in [-0.4, -0.2) is 5.79 Å². The molecule has 0 N–H and O–H groups in total. The molecule has 1 atom stereocenters. The monoisotopic (exact) mass is 240 g/mol. The molecule has 0 saturated heterocycles. The van der Waals surface area contributed by atoms with Gasteiger partial charge in [-0.25, -0.2) is 0 Å². The van der Waals surface area contributed by atoms with E-state index in [1.807, 2.05) is 25.1 Å². The molecule has 0 aromatic heterocycles. The summed E-state index contributed by atoms with van der Waals surface area (Å²) in [5, 5.41) is 0.666. The van der Waals surface area contributed by atoms with Gasteiger partial charge in [0.25, 0.3) is 0 Å². The van der Waals surface area contributed by atoms with Gasteiger partial charge in [-0.2, -0.15) is 0 Å². The minimum atomic E-state index is -0.516. The Hall–Kier alpha value is -0.730. The van der Waals surface area contributed by atoms with E-state index in [0.29, 0.717) is 5.02 Å². The van der Waals surface area contributed by atoms with Crippen LogP contribution in [0, 0.1) is 0 Å². The summed E-state index contributed by atoms with van der Waals surface area (Å²) < 4.78 is 11.9. The molecule has 0 amide bonds. The second kappa shape index (κ2) is 4.27. The summed E-state index contributed by atoms with van der Waals surface area (Å²) in [5.74, 6) is 0.267. The molecule has 1 aliphatic heterocycles. The number of benzene rings is 1. The standard InChI is InChI=1S/C13H17ClO2/c1-4-13(5-2)15-9(3)10-7-6-8-11(14)12(10)16-13/h6-9H,4-5H2,1-3H3. The van der Waals surface area contributed by atoms with Crippen molar-refractivity contribution in [3.63, 3.8) is 0 Å². The predicted octanol–water partition coefficient (Wildman–Crippen LogP) is 4.33. The average molecular weight is 241 g/mol. The van der Waals surface area contributed by atoms with Crippen LogP contribution < -0.4 is 4.74 Å². The molecule has 1 aromatic rings. The summed E-state index contributed by atoms with van der Waals surface area (Å²) in [5.41, 5.74) is 1.03. The number of fused-ring (bicyclic) bond motifs is 1. The molecular formula is C13H17ClO2. The van der Waals surface area contributed by atoms with E-state index in [-0.39, 0.29) is 6.10 Å². The van der Waals surface area contributed by atoms with Gasteiger partial charge < -0.3 is 9.47 Å². The van der Waals surface area contributed by atoms with E-state index in [4.69, 9.17) is 21.1 Å². The molecule has 1 unspecified atom stereocenters. The Morgan fingerprint density at radius 3 is 2.62 bits per heavy atom. The maximum absolute atomic E-state index is 6.17. The Kier molecular flexibility index (Phi) is 3.13. The first-order valence-corrected chi connectivity index (χ1v) is 6.15. The molecule has 0 spiro atoms. The molecule has 0 fully saturated rings. The highest BCUT2D eigenvalue weighted by Gasteiger charge is 2.38. The van der Waals surface area contributed by atoms with Crippen molar-refractivity contribution in [2.45, 2.75) is 45.5 Å². The number of hydrogen-bond acceptors (Lipinski definition) is 2. The minimum Gasteiger partial charge on any atom is -0.460 e. The molecule has 0 radical (unpaired) electrons. The maximum atomic E-state index is 6.17. The third kappa shape index (κ3) is 1.80. The average Bonchev–Trinajstić information content (AvgIpc) is 2.30. The summed E-state index contributed by atoms with van der Waals surface area (Å²) in [4.78, 5) is 0. The molecule has 0 saturated carbocycles. The molecule has 16 heavy (non-hydrogen) atoms. The third-order valence-electron chi connectivity index (χ3n) is 3.19. The van der Waals surface area contributed by atoms with Crippen molar-refractivity contribution in [3.05, 3.63) is 28.8 Å². The van der Waals surface area contributed by atoms with Crippen molar-refractivity contribution in [1.29, 1.82) is 0 Å². The molecule has 2 nitrogen and oxygen atoms in total. The lowest BCUT2D eigenvalue weighted by Crippen LogP contribution is -2.42. The normalized spacial score (nSPS) is 22.4. The first-order valence-electron chi connectivity index (χ1n) is 5.77. The number of para-hydroxylation sites is 1. The fourth-order valence-corrected chi connectivity index (χ4v) is 2.33. The number of hydrogen-bond donors (Lipinski definition) is 0. The molecule has 2 rings (SSSR count). The van der Waals surface area contributed by atoms with E-state index in [1.54, 1.807) is 0 Å². The van der Waals surface area contributed by atoms with Gasteiger partial charge in [0.15, 0.2) is 0 Å². The number of halogens is 1. The summed E-state index contributed by atoms with van der Waals surface area (Å²) >= 11 is 6.17. The van der Waals surface area contributed by atoms with E-state index in [0.717, 1.165) is 24.2 Å². The lowest BCUT2D eigenvalue weighted by atomic mass is 10.0. The number of rotatable bonds is 2. The van der Waals surface area contributed by atoms with Crippen molar-refractivity contribution >= 4 is 11.6 Å². The Bertz CT molecular complexity index is 386. The zero-order valence-electron chi connectivity index (χ0n) is 9.92. The van der Waals surface area contributed by atoms with Gasteiger partial charge in [-0.1, -0.05) is 37.6 Å². The van der Waals surface area contributed by atoms with E-state index in [1.165, 1.54) is 0 Å². The zero-order valence-corrected chi connectivity index (χ0v) is 10.7. The van der Waals surface area contributed by atoms with Crippen molar-refractivity contribution < 1.29 is 9.47 Å². The summed E-state index contributed by atoms with van der Waals surface area (Å²) in [6.07, 6.45) is 1.67. The fourth-order valence-electron chi connectivity index (χ4n) is 2.11. The molecule has 0 aliphatic carbocycles. The van der Waals surface area contributed by atoms with E-state index >= 15 is 0 Å². The topological polar surface area (TPSA) is 18.5 Å². The zero-order chi connectivity index (χ0) is 11.8. The predicted molar refractivity (Wildman–Crippen MR) is 64.9 cm³/mol. The lowest BCUT2D eigenvalue weighted by molar-refractivity contribution is -0.229. The van der Waals surface area contributed by atoms with Crippen molar-refractivity contribution in [2.24, 2.45) is 0 Å². The van der Waals surface area contributed by atoms with Gasteiger partial charge in [-0.15, -0.1) is 0 Å². The first kappa shape index (κ1) is 11.7. The van der Waals surface area contributed by atoms with Crippen LogP contribution in [0.25, 0.3) is 0 Å². The lowest BCUT2D eigenvalue weighted by Gasteiger charge is -2.40. The second-order valence-electron chi connectivity index (χ2n) is 4.14. The van der Waals surface area contributed by atoms with Crippen molar-refractivity contribution in [1.82, 2.24) is 0 Å². The van der Waals surface area contributed by atoms with Crippen LogP contribution in [-0.2, 0) is 4.74 Å². The smallest absolute Gasteiger partial charge is 0.210 e. The summed E-state index contributed by atoms with van der Waals surface area (Å²) in [7, 11) is 0. The van der Waals surface area contributed by atoms with Crippen LogP contribution in [0.2, 0.25) is 5.02 Å². The van der Waals surface area contributed by atoms with Crippen LogP contribution in [0.5, 0.6) is 5.75 Å². The van der Waals surface area contributed by atoms with Gasteiger partial charge in [-0.05, 0) is 13.0 Å². The van der Waals surface area contributed by atoms with E-state index < -0.39 is 5.79 Å². The van der Waals surface area contributed by atoms with Gasteiger partial charge in [-0.3, -0.25) is 0 Å². The Labute approximate surface area is 102 Å². The fraction of sp³-hybridized carbons (Fsp3) is 0.538. The van der Waals surface area contributed by atoms with Crippen LogP contribution in [0.3, 0.4) is 0 Å². The second-order valence-corrected chi connectivity index (χ2v) is 4.55. The van der Waals surface area contributed by atoms with Crippen molar-refractivity contribution in [2.75, 3.05) is 0 Å². The Morgan fingerprint density at radius 1 is 1.31 bits per heavy atom. The molecule has 0 bridgehead atoms. The first-order chi connectivity index (χ1) is 7.62. The van der Waals surface area contributed by atoms with Gasteiger partial charge in [0.2, 0.25) is 5.79 Å². The molecule has 1 aromatic carbocycles. The van der Waals surface area contributed by atoms with E-state index in [9.17, 15) is 0 Å². The summed E-state index contributed by atoms with van der Waals surface area (Å²) in [6.45, 7) is 6.17. The highest BCUT2D eigenvalue weighted by molar-refractivity contribution is 6.32. The van der Waals surface area contributed by atoms with E-state index in [2.05, 4.69) is 13.8 Å². The van der Waals surface area contributed by atoms with Gasteiger partial charge >= 0.3 is 0 Å². The van der Waals surface area contributed by atoms with Gasteiger partial charge in [0.05, 0.1) is 11.1 Å². The molecule has 3 heteroatoms. The SMILES string of the molecule is CCC1(CC)Oc2c(Cl)cccc2C(C)O1. The highest BCUT2D eigenvalue weighted by Crippen LogP contribution is 2.44. The third-order valence-corrected chi connectivity index (χ3v) is 3.49. The quantitative estimate of drug-likeness (QED) is 0.766. The molecule has 1 heterocycles. The molecule has 88 valence electrons. The van der Waals surface area contributed by atoms with Crippen molar-refractivity contribution in [3.8, 4) is 5.75 Å². The Balaban J connectivity index is 2.45. The highest BCUT2D eigenvalue weighted by atomic mass is 35.5. The summed E-state index contributed by atoms with van der Waals surface area (Å²) in [6, 6.07) is 5.78. The van der Waals surface area contributed by atoms with Crippen LogP contribution in [0.15, 0.2) is 18.2 Å². The van der Waals surface area contributed by atoms with Crippen LogP contribution in [0.4, 0.5) is 0 Å². The molecular weight excluding hydrogens is 224 g/mol. The van der Waals surface area contributed by atoms with Crippen LogP contribution >= 0.6 is 11.6 Å². The van der Waals surface area contributed by atoms with Gasteiger partial charge in [0, 0.05) is 18.4 Å². The minimum absolute atomic E-state index is 0.0300. The maximum Gasteiger partial charge on any atom is 0.210 e. The Morgan fingerprint density at radius 2 is 2.00 bits per heavy atom. The van der Waals surface area contributed by atoms with Gasteiger partial charge in [0.1, 0.15) is 5.75 Å². The number of ether oxygens (including phenoxy) is 2. The molecule has 1 aliphatic rings. The largest absolute Gasteiger partial charge is 0.460 e. The van der Waals surface area contributed by atoms with Crippen LogP contribution in [0.1, 0.15) is 45.3 Å².